The van der Waals surface area contributed by atoms with Crippen molar-refractivity contribution in [2.45, 2.75) is 31.8 Å². The summed E-state index contributed by atoms with van der Waals surface area (Å²) in [5.74, 6) is -0.552. The van der Waals surface area contributed by atoms with Gasteiger partial charge in [0, 0.05) is 11.0 Å². The first kappa shape index (κ1) is 14.5. The highest BCUT2D eigenvalue weighted by atomic mass is 79.9. The van der Waals surface area contributed by atoms with Crippen molar-refractivity contribution in [1.82, 2.24) is 5.32 Å². The van der Waals surface area contributed by atoms with Crippen molar-refractivity contribution in [3.8, 4) is 0 Å². The van der Waals surface area contributed by atoms with Gasteiger partial charge in [0.1, 0.15) is 5.82 Å². The molecule has 1 aliphatic rings. The first-order chi connectivity index (χ1) is 9.08. The van der Waals surface area contributed by atoms with Crippen LogP contribution in [0.2, 0.25) is 0 Å². The van der Waals surface area contributed by atoms with Gasteiger partial charge in [0.05, 0.1) is 11.7 Å². The molecule has 0 radical (unpaired) electrons. The second-order valence-electron chi connectivity index (χ2n) is 4.95. The van der Waals surface area contributed by atoms with Crippen molar-refractivity contribution in [2.75, 3.05) is 6.54 Å². The number of aliphatic hydroxyl groups excluding tert-OH is 1. The predicted molar refractivity (Wildman–Crippen MR) is 74.4 cm³/mol. The summed E-state index contributed by atoms with van der Waals surface area (Å²) in [5.41, 5.74) is 0.249. The topological polar surface area (TPSA) is 49.3 Å². The molecule has 1 fully saturated rings. The zero-order valence-corrected chi connectivity index (χ0v) is 12.1. The third kappa shape index (κ3) is 3.76. The Labute approximate surface area is 120 Å². The fourth-order valence-electron chi connectivity index (χ4n) is 2.47. The van der Waals surface area contributed by atoms with Crippen LogP contribution in [-0.2, 0) is 0 Å². The lowest BCUT2D eigenvalue weighted by atomic mass is 10.0. The average Bonchev–Trinajstić information content (AvgIpc) is 2.92. The quantitative estimate of drug-likeness (QED) is 0.892. The van der Waals surface area contributed by atoms with E-state index < -0.39 is 11.9 Å². The number of hydrogen-bond acceptors (Lipinski definition) is 2. The number of nitrogens with one attached hydrogen (secondary N) is 1. The number of amides is 1. The van der Waals surface area contributed by atoms with Gasteiger partial charge in [0.2, 0.25) is 0 Å². The van der Waals surface area contributed by atoms with Crippen molar-refractivity contribution in [3.63, 3.8) is 0 Å². The molecule has 1 amide bonds. The molecule has 1 saturated carbocycles. The second kappa shape index (κ2) is 6.48. The maximum Gasteiger partial charge on any atom is 0.252 e. The van der Waals surface area contributed by atoms with Gasteiger partial charge in [-0.3, -0.25) is 4.79 Å². The largest absolute Gasteiger partial charge is 0.391 e. The summed E-state index contributed by atoms with van der Waals surface area (Å²) in [5, 5.41) is 12.6. The van der Waals surface area contributed by atoms with E-state index in [1.54, 1.807) is 0 Å². The van der Waals surface area contributed by atoms with Crippen LogP contribution in [0.15, 0.2) is 22.7 Å². The van der Waals surface area contributed by atoms with Crippen LogP contribution in [-0.4, -0.2) is 23.7 Å². The van der Waals surface area contributed by atoms with E-state index in [2.05, 4.69) is 21.2 Å². The maximum absolute atomic E-state index is 13.1. The third-order valence-corrected chi connectivity index (χ3v) is 4.28. The van der Waals surface area contributed by atoms with E-state index in [4.69, 9.17) is 0 Å². The van der Waals surface area contributed by atoms with E-state index >= 15 is 0 Å². The standard InChI is InChI=1S/C14H17BrFNO2/c15-12-6-5-10(16)7-11(12)14(19)17-8-13(18)9-3-1-2-4-9/h5-7,9,13,18H,1-4,8H2,(H,17,19). The molecule has 0 aromatic heterocycles. The smallest absolute Gasteiger partial charge is 0.252 e. The summed E-state index contributed by atoms with van der Waals surface area (Å²) >= 11 is 3.21. The van der Waals surface area contributed by atoms with Crippen LogP contribution in [0.5, 0.6) is 0 Å². The van der Waals surface area contributed by atoms with Gasteiger partial charge in [-0.25, -0.2) is 4.39 Å². The molecule has 0 heterocycles. The first-order valence-corrected chi connectivity index (χ1v) is 7.28. The fourth-order valence-corrected chi connectivity index (χ4v) is 2.90. The molecule has 2 rings (SSSR count). The van der Waals surface area contributed by atoms with Gasteiger partial charge >= 0.3 is 0 Å². The Morgan fingerprint density at radius 2 is 2.16 bits per heavy atom. The first-order valence-electron chi connectivity index (χ1n) is 6.49. The highest BCUT2D eigenvalue weighted by Gasteiger charge is 2.23. The monoisotopic (exact) mass is 329 g/mol. The Morgan fingerprint density at radius 3 is 2.84 bits per heavy atom. The summed E-state index contributed by atoms with van der Waals surface area (Å²) in [6.07, 6.45) is 3.80. The Morgan fingerprint density at radius 1 is 1.47 bits per heavy atom. The molecular weight excluding hydrogens is 313 g/mol. The third-order valence-electron chi connectivity index (χ3n) is 3.59. The summed E-state index contributed by atoms with van der Waals surface area (Å²) in [6, 6.07) is 3.97. The van der Waals surface area contributed by atoms with Gasteiger partial charge in [-0.2, -0.15) is 0 Å². The number of carbonyl (C=O) groups is 1. The molecule has 0 aliphatic heterocycles. The molecule has 1 aliphatic carbocycles. The lowest BCUT2D eigenvalue weighted by molar-refractivity contribution is 0.0839. The molecule has 2 N–H and O–H groups in total. The minimum atomic E-state index is -0.515. The summed E-state index contributed by atoms with van der Waals surface area (Å²) in [7, 11) is 0. The Kier molecular flexibility index (Phi) is 4.93. The predicted octanol–water partition coefficient (Wildman–Crippen LogP) is 2.87. The van der Waals surface area contributed by atoms with Crippen molar-refractivity contribution in [1.29, 1.82) is 0 Å². The molecule has 19 heavy (non-hydrogen) atoms. The molecule has 1 unspecified atom stereocenters. The molecule has 3 nitrogen and oxygen atoms in total. The van der Waals surface area contributed by atoms with Crippen LogP contribution in [0, 0.1) is 11.7 Å². The summed E-state index contributed by atoms with van der Waals surface area (Å²) in [4.78, 5) is 11.9. The van der Waals surface area contributed by atoms with Gasteiger partial charge in [-0.15, -0.1) is 0 Å². The number of rotatable bonds is 4. The van der Waals surface area contributed by atoms with Crippen molar-refractivity contribution in [2.24, 2.45) is 5.92 Å². The molecule has 1 aromatic rings. The molecule has 5 heteroatoms. The van der Waals surface area contributed by atoms with Crippen LogP contribution in [0.25, 0.3) is 0 Å². The zero-order chi connectivity index (χ0) is 13.8. The zero-order valence-electron chi connectivity index (χ0n) is 10.5. The molecule has 104 valence electrons. The van der Waals surface area contributed by atoms with Crippen molar-refractivity contribution < 1.29 is 14.3 Å². The van der Waals surface area contributed by atoms with Gasteiger partial charge in [-0.1, -0.05) is 12.8 Å². The molecule has 0 saturated heterocycles. The number of aliphatic hydroxyl groups is 1. The van der Waals surface area contributed by atoms with Crippen LogP contribution in [0.4, 0.5) is 4.39 Å². The van der Waals surface area contributed by atoms with E-state index in [9.17, 15) is 14.3 Å². The summed E-state index contributed by atoms with van der Waals surface area (Å²) in [6.45, 7) is 0.215. The molecule has 0 bridgehead atoms. The Balaban J connectivity index is 1.91. The van der Waals surface area contributed by atoms with E-state index in [1.165, 1.54) is 18.2 Å². The highest BCUT2D eigenvalue weighted by Crippen LogP contribution is 2.27. The maximum atomic E-state index is 13.1. The van der Waals surface area contributed by atoms with Crippen LogP contribution < -0.4 is 5.32 Å². The number of hydrogen-bond donors (Lipinski definition) is 2. The molecule has 1 atom stereocenters. The Bertz CT molecular complexity index is 461. The number of carbonyl (C=O) groups excluding carboxylic acids is 1. The molecule has 0 spiro atoms. The second-order valence-corrected chi connectivity index (χ2v) is 5.80. The van der Waals surface area contributed by atoms with Crippen LogP contribution >= 0.6 is 15.9 Å². The van der Waals surface area contributed by atoms with E-state index in [-0.39, 0.29) is 23.9 Å². The van der Waals surface area contributed by atoms with E-state index in [0.29, 0.717) is 4.47 Å². The highest BCUT2D eigenvalue weighted by molar-refractivity contribution is 9.10. The Hall–Kier alpha value is -0.940. The number of halogens is 2. The van der Waals surface area contributed by atoms with Gasteiger partial charge in [-0.05, 0) is 52.9 Å². The fraction of sp³-hybridized carbons (Fsp3) is 0.500. The lowest BCUT2D eigenvalue weighted by Crippen LogP contribution is -2.35. The van der Waals surface area contributed by atoms with Gasteiger partial charge < -0.3 is 10.4 Å². The normalized spacial score (nSPS) is 17.4. The molecular formula is C14H17BrFNO2. The van der Waals surface area contributed by atoms with Crippen molar-refractivity contribution >= 4 is 21.8 Å². The van der Waals surface area contributed by atoms with Crippen LogP contribution in [0.3, 0.4) is 0 Å². The SMILES string of the molecule is O=C(NCC(O)C1CCCC1)c1cc(F)ccc1Br. The lowest BCUT2D eigenvalue weighted by Gasteiger charge is -2.18. The van der Waals surface area contributed by atoms with E-state index in [1.807, 2.05) is 0 Å². The minimum absolute atomic E-state index is 0.215. The van der Waals surface area contributed by atoms with Crippen LogP contribution in [0.1, 0.15) is 36.0 Å². The van der Waals surface area contributed by atoms with Gasteiger partial charge in [0.25, 0.3) is 5.91 Å². The minimum Gasteiger partial charge on any atom is -0.391 e. The molecule has 1 aromatic carbocycles. The number of benzene rings is 1. The van der Waals surface area contributed by atoms with Gasteiger partial charge in [0.15, 0.2) is 0 Å². The van der Waals surface area contributed by atoms with Crippen molar-refractivity contribution in [3.05, 3.63) is 34.1 Å². The van der Waals surface area contributed by atoms with E-state index in [0.717, 1.165) is 25.7 Å². The summed E-state index contributed by atoms with van der Waals surface area (Å²) < 4.78 is 13.6. The average molecular weight is 330 g/mol.